The zero-order valence-electron chi connectivity index (χ0n) is 11.7. The highest BCUT2D eigenvalue weighted by Gasteiger charge is 2.14. The van der Waals surface area contributed by atoms with Crippen molar-refractivity contribution in [3.63, 3.8) is 0 Å². The Labute approximate surface area is 126 Å². The first-order valence-corrected chi connectivity index (χ1v) is 7.08. The summed E-state index contributed by atoms with van der Waals surface area (Å²) in [6.07, 6.45) is 0.348. The van der Waals surface area contributed by atoms with Gasteiger partial charge in [-0.3, -0.25) is 14.9 Å². The van der Waals surface area contributed by atoms with E-state index in [0.717, 1.165) is 5.69 Å². The molecule has 0 aromatic heterocycles. The van der Waals surface area contributed by atoms with E-state index in [1.807, 2.05) is 13.8 Å². The number of nitrogens with one attached hydrogen (secondary N) is 2. The molecule has 0 heterocycles. The van der Waals surface area contributed by atoms with Crippen molar-refractivity contribution in [2.45, 2.75) is 33.2 Å². The summed E-state index contributed by atoms with van der Waals surface area (Å²) in [5.74, 6) is -0.0257. The maximum absolute atomic E-state index is 11.5. The van der Waals surface area contributed by atoms with Gasteiger partial charge in [0.05, 0.1) is 4.92 Å². The second kappa shape index (κ2) is 7.23. The van der Waals surface area contributed by atoms with E-state index in [9.17, 15) is 14.9 Å². The van der Waals surface area contributed by atoms with Gasteiger partial charge in [0.15, 0.2) is 0 Å². The zero-order chi connectivity index (χ0) is 15.3. The van der Waals surface area contributed by atoms with Gasteiger partial charge in [-0.25, -0.2) is 0 Å². The second-order valence-corrected chi connectivity index (χ2v) is 5.63. The van der Waals surface area contributed by atoms with Gasteiger partial charge in [-0.1, -0.05) is 0 Å². The SMILES string of the molecule is Cc1cc(NCCC(=O)NC(C)C)c(Br)cc1[N+](=O)[O-]. The van der Waals surface area contributed by atoms with Crippen LogP contribution in [0.2, 0.25) is 0 Å². The third kappa shape index (κ3) is 4.80. The average molecular weight is 344 g/mol. The molecule has 0 radical (unpaired) electrons. The van der Waals surface area contributed by atoms with Gasteiger partial charge in [-0.05, 0) is 42.8 Å². The summed E-state index contributed by atoms with van der Waals surface area (Å²) in [5, 5.41) is 16.7. The van der Waals surface area contributed by atoms with Crippen molar-refractivity contribution < 1.29 is 9.72 Å². The molecular weight excluding hydrogens is 326 g/mol. The van der Waals surface area contributed by atoms with Gasteiger partial charge in [0.2, 0.25) is 5.91 Å². The van der Waals surface area contributed by atoms with Gasteiger partial charge in [-0.15, -0.1) is 0 Å². The van der Waals surface area contributed by atoms with Crippen LogP contribution in [0.5, 0.6) is 0 Å². The summed E-state index contributed by atoms with van der Waals surface area (Å²) < 4.78 is 0.610. The Morgan fingerprint density at radius 3 is 2.65 bits per heavy atom. The van der Waals surface area contributed by atoms with Crippen LogP contribution in [0, 0.1) is 17.0 Å². The Bertz CT molecular complexity index is 518. The summed E-state index contributed by atoms with van der Waals surface area (Å²) in [6, 6.07) is 3.28. The molecule has 20 heavy (non-hydrogen) atoms. The Morgan fingerprint density at radius 2 is 2.10 bits per heavy atom. The molecule has 0 bridgehead atoms. The van der Waals surface area contributed by atoms with E-state index in [1.165, 1.54) is 6.07 Å². The minimum absolute atomic E-state index is 0.0257. The molecule has 0 saturated carbocycles. The number of amides is 1. The number of anilines is 1. The molecule has 110 valence electrons. The largest absolute Gasteiger partial charge is 0.384 e. The molecule has 7 heteroatoms. The number of benzene rings is 1. The van der Waals surface area contributed by atoms with Crippen LogP contribution >= 0.6 is 15.9 Å². The monoisotopic (exact) mass is 343 g/mol. The smallest absolute Gasteiger partial charge is 0.273 e. The van der Waals surface area contributed by atoms with E-state index in [2.05, 4.69) is 26.6 Å². The van der Waals surface area contributed by atoms with Crippen LogP contribution in [0.15, 0.2) is 16.6 Å². The molecular formula is C13H18BrN3O3. The van der Waals surface area contributed by atoms with Crippen molar-refractivity contribution in [2.75, 3.05) is 11.9 Å². The van der Waals surface area contributed by atoms with Crippen LogP contribution < -0.4 is 10.6 Å². The van der Waals surface area contributed by atoms with E-state index in [1.54, 1.807) is 13.0 Å². The van der Waals surface area contributed by atoms with E-state index >= 15 is 0 Å². The first-order chi connectivity index (χ1) is 9.31. The van der Waals surface area contributed by atoms with Gasteiger partial charge in [0, 0.05) is 40.8 Å². The van der Waals surface area contributed by atoms with E-state index in [-0.39, 0.29) is 17.6 Å². The Balaban J connectivity index is 2.63. The van der Waals surface area contributed by atoms with Crippen molar-refractivity contribution in [1.29, 1.82) is 0 Å². The predicted octanol–water partition coefficient (Wildman–Crippen LogP) is 2.99. The van der Waals surface area contributed by atoms with Crippen molar-refractivity contribution in [1.82, 2.24) is 5.32 Å². The number of hydrogen-bond donors (Lipinski definition) is 2. The molecule has 1 rings (SSSR count). The van der Waals surface area contributed by atoms with Crippen LogP contribution in [0.3, 0.4) is 0 Å². The highest BCUT2D eigenvalue weighted by atomic mass is 79.9. The fraction of sp³-hybridized carbons (Fsp3) is 0.462. The first-order valence-electron chi connectivity index (χ1n) is 6.29. The topological polar surface area (TPSA) is 84.3 Å². The second-order valence-electron chi connectivity index (χ2n) is 4.77. The Kier molecular flexibility index (Phi) is 5.94. The van der Waals surface area contributed by atoms with Gasteiger partial charge in [0.25, 0.3) is 5.69 Å². The molecule has 1 aromatic carbocycles. The van der Waals surface area contributed by atoms with Crippen LogP contribution in [0.4, 0.5) is 11.4 Å². The molecule has 0 atom stereocenters. The summed E-state index contributed by atoms with van der Waals surface area (Å²) in [7, 11) is 0. The number of nitro groups is 1. The maximum Gasteiger partial charge on any atom is 0.273 e. The number of aryl methyl sites for hydroxylation is 1. The molecule has 6 nitrogen and oxygen atoms in total. The molecule has 2 N–H and O–H groups in total. The van der Waals surface area contributed by atoms with Gasteiger partial charge >= 0.3 is 0 Å². The summed E-state index contributed by atoms with van der Waals surface area (Å²) >= 11 is 3.29. The third-order valence-electron chi connectivity index (χ3n) is 2.60. The molecule has 0 aliphatic rings. The minimum atomic E-state index is -0.417. The van der Waals surface area contributed by atoms with E-state index < -0.39 is 4.92 Å². The molecule has 0 fully saturated rings. The highest BCUT2D eigenvalue weighted by Crippen LogP contribution is 2.30. The molecule has 0 unspecified atom stereocenters. The van der Waals surface area contributed by atoms with Crippen LogP contribution in [-0.4, -0.2) is 23.4 Å². The van der Waals surface area contributed by atoms with Gasteiger partial charge in [0.1, 0.15) is 0 Å². The fourth-order valence-corrected chi connectivity index (χ4v) is 2.18. The highest BCUT2D eigenvalue weighted by molar-refractivity contribution is 9.10. The lowest BCUT2D eigenvalue weighted by atomic mass is 10.2. The van der Waals surface area contributed by atoms with E-state index in [0.29, 0.717) is 23.0 Å². The summed E-state index contributed by atoms with van der Waals surface area (Å²) in [6.45, 7) is 5.96. The quantitative estimate of drug-likeness (QED) is 0.614. The number of carbonyl (C=O) groups excluding carboxylic acids is 1. The Hall–Kier alpha value is -1.63. The van der Waals surface area contributed by atoms with E-state index in [4.69, 9.17) is 0 Å². The summed E-state index contributed by atoms with van der Waals surface area (Å²) in [4.78, 5) is 21.9. The summed E-state index contributed by atoms with van der Waals surface area (Å²) in [5.41, 5.74) is 1.39. The molecule has 1 aromatic rings. The average Bonchev–Trinajstić information content (AvgIpc) is 2.31. The molecule has 0 spiro atoms. The zero-order valence-corrected chi connectivity index (χ0v) is 13.3. The number of hydrogen-bond acceptors (Lipinski definition) is 4. The minimum Gasteiger partial charge on any atom is -0.384 e. The molecule has 1 amide bonds. The standard InChI is InChI=1S/C13H18BrN3O3/c1-8(2)16-13(18)4-5-15-11-6-9(3)12(17(19)20)7-10(11)14/h6-8,15H,4-5H2,1-3H3,(H,16,18). The van der Waals surface area contributed by atoms with Crippen molar-refractivity contribution in [3.05, 3.63) is 32.3 Å². The van der Waals surface area contributed by atoms with Crippen molar-refractivity contribution in [2.24, 2.45) is 0 Å². The van der Waals surface area contributed by atoms with Crippen molar-refractivity contribution in [3.8, 4) is 0 Å². The predicted molar refractivity (Wildman–Crippen MR) is 81.9 cm³/mol. The van der Waals surface area contributed by atoms with Crippen molar-refractivity contribution >= 4 is 33.2 Å². The lowest BCUT2D eigenvalue weighted by Gasteiger charge is -2.11. The lowest BCUT2D eigenvalue weighted by Crippen LogP contribution is -2.31. The van der Waals surface area contributed by atoms with Crippen LogP contribution in [-0.2, 0) is 4.79 Å². The van der Waals surface area contributed by atoms with Crippen LogP contribution in [0.25, 0.3) is 0 Å². The normalized spacial score (nSPS) is 10.4. The fourth-order valence-electron chi connectivity index (χ4n) is 1.71. The maximum atomic E-state index is 11.5. The Morgan fingerprint density at radius 1 is 1.45 bits per heavy atom. The number of halogens is 1. The lowest BCUT2D eigenvalue weighted by molar-refractivity contribution is -0.385. The number of carbonyl (C=O) groups is 1. The number of nitro benzene ring substituents is 1. The number of nitrogens with zero attached hydrogens (tertiary/aromatic N) is 1. The van der Waals surface area contributed by atoms with Gasteiger partial charge in [-0.2, -0.15) is 0 Å². The molecule has 0 aliphatic carbocycles. The molecule has 0 saturated heterocycles. The molecule has 0 aliphatic heterocycles. The first kappa shape index (κ1) is 16.4. The van der Waals surface area contributed by atoms with Gasteiger partial charge < -0.3 is 10.6 Å². The van der Waals surface area contributed by atoms with Crippen LogP contribution in [0.1, 0.15) is 25.8 Å². The third-order valence-corrected chi connectivity index (χ3v) is 3.26. The number of rotatable bonds is 6.